The Labute approximate surface area is 227 Å². The van der Waals surface area contributed by atoms with Gasteiger partial charge in [-0.2, -0.15) is 5.10 Å². The van der Waals surface area contributed by atoms with Gasteiger partial charge >= 0.3 is 0 Å². The van der Waals surface area contributed by atoms with Crippen molar-refractivity contribution >= 4 is 32.7 Å². The van der Waals surface area contributed by atoms with Gasteiger partial charge in [-0.05, 0) is 56.0 Å². The van der Waals surface area contributed by atoms with Crippen LogP contribution in [0.5, 0.6) is 0 Å². The fourth-order valence-electron chi connectivity index (χ4n) is 5.83. The highest BCUT2D eigenvalue weighted by Crippen LogP contribution is 2.43. The van der Waals surface area contributed by atoms with Gasteiger partial charge in [0.2, 0.25) is 10.0 Å². The average Bonchev–Trinajstić information content (AvgIpc) is 3.21. The van der Waals surface area contributed by atoms with Gasteiger partial charge in [-0.15, -0.1) is 0 Å². The smallest absolute Gasteiger partial charge is 0.283 e. The maximum Gasteiger partial charge on any atom is 0.283 e. The highest BCUT2D eigenvalue weighted by Gasteiger charge is 2.36. The molecule has 1 saturated carbocycles. The van der Waals surface area contributed by atoms with Gasteiger partial charge in [0.15, 0.2) is 5.65 Å². The molecule has 0 radical (unpaired) electrons. The third-order valence-corrected chi connectivity index (χ3v) is 8.81. The maximum absolute atomic E-state index is 13.7. The molecule has 2 aliphatic heterocycles. The Morgan fingerprint density at radius 1 is 1.10 bits per heavy atom. The lowest BCUT2D eigenvalue weighted by molar-refractivity contribution is -0.0546. The Kier molecular flexibility index (Phi) is 6.80. The van der Waals surface area contributed by atoms with E-state index in [1.165, 1.54) is 12.1 Å². The number of ether oxygens (including phenoxy) is 1. The molecule has 0 bridgehead atoms. The minimum atomic E-state index is -3.79. The summed E-state index contributed by atoms with van der Waals surface area (Å²) in [6, 6.07) is 8.16. The maximum atomic E-state index is 13.7. The molecule has 208 valence electrons. The molecular formula is C27H33FN6O4S. The number of rotatable bonds is 7. The van der Waals surface area contributed by atoms with Crippen molar-refractivity contribution < 1.29 is 22.3 Å². The van der Waals surface area contributed by atoms with Crippen molar-refractivity contribution in [2.75, 3.05) is 44.4 Å². The topological polar surface area (TPSA) is 110 Å². The predicted octanol–water partition coefficient (Wildman–Crippen LogP) is 2.82. The number of sulfonamides is 1. The minimum absolute atomic E-state index is 0.000788. The van der Waals surface area contributed by atoms with Gasteiger partial charge in [0, 0.05) is 45.2 Å². The lowest BCUT2D eigenvalue weighted by atomic mass is 9.82. The van der Waals surface area contributed by atoms with E-state index in [0.29, 0.717) is 23.5 Å². The number of anilines is 1. The molecule has 1 aliphatic carbocycles. The van der Waals surface area contributed by atoms with E-state index in [9.17, 15) is 17.6 Å². The van der Waals surface area contributed by atoms with Crippen LogP contribution in [0, 0.1) is 5.82 Å². The Hall–Kier alpha value is -3.09. The minimum Gasteiger partial charge on any atom is -0.379 e. The molecule has 0 spiro atoms. The fourth-order valence-corrected chi connectivity index (χ4v) is 6.27. The summed E-state index contributed by atoms with van der Waals surface area (Å²) < 4.78 is 46.6. The van der Waals surface area contributed by atoms with Crippen LogP contribution in [-0.2, 0) is 14.8 Å². The molecule has 4 heterocycles. The monoisotopic (exact) mass is 556 g/mol. The number of aromatic nitrogens is 3. The molecule has 2 saturated heterocycles. The van der Waals surface area contributed by atoms with Crippen LogP contribution < -0.4 is 9.62 Å². The van der Waals surface area contributed by atoms with E-state index < -0.39 is 15.9 Å². The summed E-state index contributed by atoms with van der Waals surface area (Å²) in [5.41, 5.74) is 2.85. The zero-order chi connectivity index (χ0) is 27.3. The highest BCUT2D eigenvalue weighted by molar-refractivity contribution is 7.89. The number of likely N-dealkylation sites (tertiary alicyclic amines) is 1. The number of carbonyl (C=O) groups excluding carboxylic acids is 1. The van der Waals surface area contributed by atoms with E-state index in [2.05, 4.69) is 19.5 Å². The first-order valence-corrected chi connectivity index (χ1v) is 15.3. The zero-order valence-electron chi connectivity index (χ0n) is 22.1. The Morgan fingerprint density at radius 2 is 1.79 bits per heavy atom. The number of piperidine rings is 1. The first-order chi connectivity index (χ1) is 18.7. The lowest BCUT2D eigenvalue weighted by Crippen LogP contribution is -2.58. The van der Waals surface area contributed by atoms with Crippen LogP contribution in [0.15, 0.2) is 30.3 Å². The average molecular weight is 557 g/mol. The van der Waals surface area contributed by atoms with Crippen molar-refractivity contribution in [2.45, 2.75) is 50.2 Å². The molecule has 2 aromatic heterocycles. The van der Waals surface area contributed by atoms with Gasteiger partial charge in [-0.3, -0.25) is 9.69 Å². The largest absolute Gasteiger partial charge is 0.379 e. The number of benzene rings is 1. The molecular weight excluding hydrogens is 523 g/mol. The van der Waals surface area contributed by atoms with Gasteiger partial charge in [0.1, 0.15) is 11.5 Å². The highest BCUT2D eigenvalue weighted by atomic mass is 32.2. The molecule has 3 aromatic rings. The number of hydrogen-bond acceptors (Lipinski definition) is 8. The van der Waals surface area contributed by atoms with Crippen molar-refractivity contribution in [1.29, 1.82) is 0 Å². The molecule has 6 rings (SSSR count). The third-order valence-electron chi connectivity index (χ3n) is 8.25. The molecule has 0 atom stereocenters. The summed E-state index contributed by atoms with van der Waals surface area (Å²) in [6.45, 7) is 3.48. The van der Waals surface area contributed by atoms with Gasteiger partial charge in [-0.25, -0.2) is 27.2 Å². The van der Waals surface area contributed by atoms with E-state index in [1.807, 2.05) is 0 Å². The molecule has 3 fully saturated rings. The van der Waals surface area contributed by atoms with Gasteiger partial charge in [0.25, 0.3) is 5.91 Å². The number of amides is 1. The Bertz CT molecular complexity index is 1490. The molecule has 0 unspecified atom stereocenters. The SMILES string of the molecule is COC1CN(C2CCN(c3cc(C(=O)NS(C)(=O)=O)nc4c3c(C3CCC3)nn4-c3ccc(F)cc3)CC2)C1. The number of halogens is 1. The van der Waals surface area contributed by atoms with E-state index >= 15 is 0 Å². The number of pyridine rings is 1. The van der Waals surface area contributed by atoms with Crippen molar-refractivity contribution in [3.05, 3.63) is 47.5 Å². The van der Waals surface area contributed by atoms with E-state index in [-0.39, 0.29) is 17.4 Å². The Balaban J connectivity index is 1.43. The van der Waals surface area contributed by atoms with E-state index in [1.54, 1.807) is 30.0 Å². The fraction of sp³-hybridized carbons (Fsp3) is 0.519. The van der Waals surface area contributed by atoms with E-state index in [4.69, 9.17) is 9.84 Å². The van der Waals surface area contributed by atoms with Crippen molar-refractivity contribution in [3.63, 3.8) is 0 Å². The number of fused-ring (bicyclic) bond motifs is 1. The predicted molar refractivity (Wildman–Crippen MR) is 145 cm³/mol. The number of nitrogens with one attached hydrogen (secondary N) is 1. The molecule has 1 aromatic carbocycles. The first kappa shape index (κ1) is 26.1. The van der Waals surface area contributed by atoms with Crippen molar-refractivity contribution in [2.24, 2.45) is 0 Å². The van der Waals surface area contributed by atoms with Crippen molar-refractivity contribution in [1.82, 2.24) is 24.4 Å². The van der Waals surface area contributed by atoms with Crippen LogP contribution in [0.2, 0.25) is 0 Å². The van der Waals surface area contributed by atoms with Gasteiger partial charge in [-0.1, -0.05) is 6.42 Å². The number of hydrogen-bond donors (Lipinski definition) is 1. The molecule has 1 N–H and O–H groups in total. The van der Waals surface area contributed by atoms with Crippen molar-refractivity contribution in [3.8, 4) is 5.69 Å². The third kappa shape index (κ3) is 5.12. The summed E-state index contributed by atoms with van der Waals surface area (Å²) in [5, 5.41) is 5.83. The molecule has 12 heteroatoms. The second kappa shape index (κ2) is 10.1. The second-order valence-corrected chi connectivity index (χ2v) is 12.6. The first-order valence-electron chi connectivity index (χ1n) is 13.4. The lowest BCUT2D eigenvalue weighted by Gasteiger charge is -2.47. The van der Waals surface area contributed by atoms with Gasteiger partial charge in [0.05, 0.1) is 34.8 Å². The van der Waals surface area contributed by atoms with Crippen LogP contribution >= 0.6 is 0 Å². The quantitative estimate of drug-likeness (QED) is 0.473. The number of methoxy groups -OCH3 is 1. The van der Waals surface area contributed by atoms with E-state index in [0.717, 1.165) is 81.3 Å². The summed E-state index contributed by atoms with van der Waals surface area (Å²) in [7, 11) is -2.03. The number of carbonyl (C=O) groups is 1. The van der Waals surface area contributed by atoms with Crippen LogP contribution in [0.25, 0.3) is 16.7 Å². The van der Waals surface area contributed by atoms with Crippen LogP contribution in [0.3, 0.4) is 0 Å². The standard InChI is InChI=1S/C27H33FN6O4S/c1-38-21-15-33(16-21)19-10-12-32(13-11-19)23-14-22(27(35)31-39(2,36)37)29-26-24(23)25(17-4-3-5-17)30-34(26)20-8-6-18(28)7-9-20/h6-9,14,17,19,21H,3-5,10-13,15-16H2,1-2H3,(H,31,35). The summed E-state index contributed by atoms with van der Waals surface area (Å²) in [4.78, 5) is 22.4. The second-order valence-electron chi connectivity index (χ2n) is 10.9. The van der Waals surface area contributed by atoms with Crippen LogP contribution in [0.4, 0.5) is 10.1 Å². The zero-order valence-corrected chi connectivity index (χ0v) is 23.0. The Morgan fingerprint density at radius 3 is 2.38 bits per heavy atom. The molecule has 1 amide bonds. The summed E-state index contributed by atoms with van der Waals surface area (Å²) in [6.07, 6.45) is 6.34. The number of nitrogens with zero attached hydrogens (tertiary/aromatic N) is 5. The molecule has 10 nitrogen and oxygen atoms in total. The molecule has 39 heavy (non-hydrogen) atoms. The molecule has 3 aliphatic rings. The summed E-state index contributed by atoms with van der Waals surface area (Å²) >= 11 is 0. The normalized spacial score (nSPS) is 19.7. The van der Waals surface area contributed by atoms with Crippen LogP contribution in [0.1, 0.15) is 54.2 Å². The van der Waals surface area contributed by atoms with Crippen LogP contribution in [-0.4, -0.2) is 85.7 Å². The summed E-state index contributed by atoms with van der Waals surface area (Å²) in [5.74, 6) is -0.882. The van der Waals surface area contributed by atoms with Gasteiger partial charge < -0.3 is 9.64 Å².